The molecule has 4 heteroatoms. The Kier molecular flexibility index (Phi) is 6.21. The van der Waals surface area contributed by atoms with Gasteiger partial charge in [0.05, 0.1) is 0 Å². The molecule has 0 radical (unpaired) electrons. The van der Waals surface area contributed by atoms with E-state index in [0.29, 0.717) is 23.0 Å². The molecule has 3 nitrogen and oxygen atoms in total. The highest BCUT2D eigenvalue weighted by Crippen LogP contribution is 2.28. The first-order chi connectivity index (χ1) is 9.58. The number of hydrogen-bond donors (Lipinski definition) is 1. The van der Waals surface area contributed by atoms with E-state index >= 15 is 0 Å². The number of nitrogens with zero attached hydrogens (tertiary/aromatic N) is 1. The van der Waals surface area contributed by atoms with Crippen molar-refractivity contribution >= 4 is 17.7 Å². The molecular weight excluding hydrogens is 268 g/mol. The first-order valence-corrected chi connectivity index (χ1v) is 9.23. The fourth-order valence-corrected chi connectivity index (χ4v) is 4.59. The molecule has 0 aliphatic carbocycles. The van der Waals surface area contributed by atoms with E-state index in [1.165, 1.54) is 12.8 Å². The Morgan fingerprint density at radius 1 is 1.30 bits per heavy atom. The van der Waals surface area contributed by atoms with Gasteiger partial charge in [0.1, 0.15) is 0 Å². The first-order valence-electron chi connectivity index (χ1n) is 8.18. The lowest BCUT2D eigenvalue weighted by molar-refractivity contribution is -0.132. The first kappa shape index (κ1) is 16.2. The smallest absolute Gasteiger partial charge is 0.222 e. The molecule has 2 aliphatic rings. The van der Waals surface area contributed by atoms with Crippen LogP contribution in [0.5, 0.6) is 0 Å². The van der Waals surface area contributed by atoms with Gasteiger partial charge in [0.15, 0.2) is 0 Å². The summed E-state index contributed by atoms with van der Waals surface area (Å²) in [6.07, 6.45) is 3.22. The standard InChI is InChI=1S/C16H30N2OS/c1-12(2)15-11-18(8-9-20-15)16(19)10-13(3)14-4-6-17-7-5-14/h12-15,17H,4-11H2,1-3H3. The third kappa shape index (κ3) is 4.39. The molecule has 2 unspecified atom stereocenters. The summed E-state index contributed by atoms with van der Waals surface area (Å²) in [6.45, 7) is 11.0. The number of rotatable bonds is 4. The predicted molar refractivity (Wildman–Crippen MR) is 87.0 cm³/mol. The molecule has 2 saturated heterocycles. The summed E-state index contributed by atoms with van der Waals surface area (Å²) in [5.74, 6) is 3.44. The van der Waals surface area contributed by atoms with Crippen LogP contribution in [0.2, 0.25) is 0 Å². The van der Waals surface area contributed by atoms with Crippen LogP contribution in [-0.2, 0) is 4.79 Å². The molecule has 0 aromatic carbocycles. The molecule has 0 aromatic rings. The van der Waals surface area contributed by atoms with Crippen LogP contribution in [0.4, 0.5) is 0 Å². The van der Waals surface area contributed by atoms with Crippen LogP contribution in [0, 0.1) is 17.8 Å². The van der Waals surface area contributed by atoms with Crippen LogP contribution in [0.1, 0.15) is 40.0 Å². The number of piperidine rings is 1. The molecule has 0 spiro atoms. The highest BCUT2D eigenvalue weighted by atomic mass is 32.2. The molecule has 0 saturated carbocycles. The van der Waals surface area contributed by atoms with Gasteiger partial charge in [-0.1, -0.05) is 20.8 Å². The Hall–Kier alpha value is -0.220. The van der Waals surface area contributed by atoms with Gasteiger partial charge in [-0.05, 0) is 43.7 Å². The Bertz CT molecular complexity index is 316. The summed E-state index contributed by atoms with van der Waals surface area (Å²) in [4.78, 5) is 14.6. The minimum atomic E-state index is 0.391. The molecule has 2 aliphatic heterocycles. The van der Waals surface area contributed by atoms with Crippen molar-refractivity contribution < 1.29 is 4.79 Å². The van der Waals surface area contributed by atoms with E-state index in [0.717, 1.165) is 44.3 Å². The third-order valence-corrected chi connectivity index (χ3v) is 6.41. The Labute approximate surface area is 128 Å². The molecular formula is C16H30N2OS. The van der Waals surface area contributed by atoms with Gasteiger partial charge in [0, 0.05) is 30.5 Å². The maximum Gasteiger partial charge on any atom is 0.222 e. The number of hydrogen-bond acceptors (Lipinski definition) is 3. The fraction of sp³-hybridized carbons (Fsp3) is 0.938. The average Bonchev–Trinajstić information content (AvgIpc) is 2.48. The summed E-state index contributed by atoms with van der Waals surface area (Å²) >= 11 is 2.04. The second-order valence-electron chi connectivity index (χ2n) is 6.76. The Morgan fingerprint density at radius 2 is 2.00 bits per heavy atom. The molecule has 116 valence electrons. The summed E-state index contributed by atoms with van der Waals surface area (Å²) in [5.41, 5.74) is 0. The van der Waals surface area contributed by atoms with Gasteiger partial charge in [0.2, 0.25) is 5.91 Å². The van der Waals surface area contributed by atoms with Crippen molar-refractivity contribution in [2.24, 2.45) is 17.8 Å². The van der Waals surface area contributed by atoms with Gasteiger partial charge in [-0.2, -0.15) is 11.8 Å². The molecule has 1 N–H and O–H groups in total. The van der Waals surface area contributed by atoms with E-state index in [4.69, 9.17) is 0 Å². The predicted octanol–water partition coefficient (Wildman–Crippen LogP) is 2.61. The average molecular weight is 298 g/mol. The van der Waals surface area contributed by atoms with Crippen molar-refractivity contribution in [3.63, 3.8) is 0 Å². The zero-order valence-electron chi connectivity index (χ0n) is 13.2. The van der Waals surface area contributed by atoms with E-state index in [2.05, 4.69) is 31.0 Å². The van der Waals surface area contributed by atoms with E-state index in [1.807, 2.05) is 11.8 Å². The number of carbonyl (C=O) groups excluding carboxylic acids is 1. The van der Waals surface area contributed by atoms with E-state index in [9.17, 15) is 4.79 Å². The van der Waals surface area contributed by atoms with Crippen molar-refractivity contribution in [3.8, 4) is 0 Å². The lowest BCUT2D eigenvalue weighted by atomic mass is 9.84. The third-order valence-electron chi connectivity index (χ3n) is 4.87. The summed E-state index contributed by atoms with van der Waals surface area (Å²) in [5, 5.41) is 4.03. The van der Waals surface area contributed by atoms with E-state index in [1.54, 1.807) is 0 Å². The molecule has 2 heterocycles. The number of thioether (sulfide) groups is 1. The second-order valence-corrected chi connectivity index (χ2v) is 8.11. The minimum Gasteiger partial charge on any atom is -0.341 e. The zero-order chi connectivity index (χ0) is 14.5. The largest absolute Gasteiger partial charge is 0.341 e. The number of amides is 1. The summed E-state index contributed by atoms with van der Waals surface area (Å²) in [7, 11) is 0. The fourth-order valence-electron chi connectivity index (χ4n) is 3.29. The molecule has 0 bridgehead atoms. The monoisotopic (exact) mass is 298 g/mol. The number of nitrogens with one attached hydrogen (secondary N) is 1. The van der Waals surface area contributed by atoms with Gasteiger partial charge in [-0.25, -0.2) is 0 Å². The highest BCUT2D eigenvalue weighted by Gasteiger charge is 2.28. The molecule has 0 aromatic heterocycles. The van der Waals surface area contributed by atoms with Crippen molar-refractivity contribution in [2.75, 3.05) is 31.9 Å². The summed E-state index contributed by atoms with van der Waals surface area (Å²) < 4.78 is 0. The van der Waals surface area contributed by atoms with Crippen molar-refractivity contribution in [1.82, 2.24) is 10.2 Å². The van der Waals surface area contributed by atoms with E-state index < -0.39 is 0 Å². The lowest BCUT2D eigenvalue weighted by Crippen LogP contribution is -2.44. The van der Waals surface area contributed by atoms with Crippen molar-refractivity contribution in [2.45, 2.75) is 45.3 Å². The lowest BCUT2D eigenvalue weighted by Gasteiger charge is -2.36. The minimum absolute atomic E-state index is 0.391. The van der Waals surface area contributed by atoms with Crippen LogP contribution < -0.4 is 5.32 Å². The quantitative estimate of drug-likeness (QED) is 0.866. The van der Waals surface area contributed by atoms with Gasteiger partial charge >= 0.3 is 0 Å². The van der Waals surface area contributed by atoms with Gasteiger partial charge < -0.3 is 10.2 Å². The topological polar surface area (TPSA) is 32.3 Å². The Balaban J connectivity index is 1.81. The maximum atomic E-state index is 12.5. The van der Waals surface area contributed by atoms with Crippen LogP contribution >= 0.6 is 11.8 Å². The molecule has 20 heavy (non-hydrogen) atoms. The van der Waals surface area contributed by atoms with E-state index in [-0.39, 0.29) is 0 Å². The number of carbonyl (C=O) groups is 1. The summed E-state index contributed by atoms with van der Waals surface area (Å²) in [6, 6.07) is 0. The van der Waals surface area contributed by atoms with Gasteiger partial charge in [-0.15, -0.1) is 0 Å². The SMILES string of the molecule is CC(C)C1CN(C(=O)CC(C)C2CCNCC2)CCS1. The van der Waals surface area contributed by atoms with Crippen molar-refractivity contribution in [1.29, 1.82) is 0 Å². The second kappa shape index (κ2) is 7.69. The molecule has 1 amide bonds. The van der Waals surface area contributed by atoms with Crippen molar-refractivity contribution in [3.05, 3.63) is 0 Å². The molecule has 2 fully saturated rings. The molecule has 2 atom stereocenters. The van der Waals surface area contributed by atoms with Crippen LogP contribution in [0.15, 0.2) is 0 Å². The zero-order valence-corrected chi connectivity index (χ0v) is 14.0. The Morgan fingerprint density at radius 3 is 2.65 bits per heavy atom. The van der Waals surface area contributed by atoms with Crippen LogP contribution in [-0.4, -0.2) is 48.0 Å². The maximum absolute atomic E-state index is 12.5. The highest BCUT2D eigenvalue weighted by molar-refractivity contribution is 8.00. The van der Waals surface area contributed by atoms with Gasteiger partial charge in [-0.3, -0.25) is 4.79 Å². The van der Waals surface area contributed by atoms with Crippen LogP contribution in [0.25, 0.3) is 0 Å². The van der Waals surface area contributed by atoms with Crippen LogP contribution in [0.3, 0.4) is 0 Å². The van der Waals surface area contributed by atoms with Gasteiger partial charge in [0.25, 0.3) is 0 Å². The molecule has 2 rings (SSSR count). The normalized spacial score (nSPS) is 26.8.